The first-order chi connectivity index (χ1) is 5.43. The summed E-state index contributed by atoms with van der Waals surface area (Å²) in [5.74, 6) is 0. The van der Waals surface area contributed by atoms with Gasteiger partial charge in [0, 0.05) is 11.9 Å². The molecule has 3 heteroatoms. The monoisotopic (exact) mass is 152 g/mol. The summed E-state index contributed by atoms with van der Waals surface area (Å²) >= 11 is 0. The van der Waals surface area contributed by atoms with Crippen molar-refractivity contribution in [3.63, 3.8) is 0 Å². The van der Waals surface area contributed by atoms with E-state index in [-0.39, 0.29) is 0 Å². The Morgan fingerprint density at radius 2 is 2.36 bits per heavy atom. The highest BCUT2D eigenvalue weighted by molar-refractivity contribution is 5.03. The molecule has 1 rings (SSSR count). The summed E-state index contributed by atoms with van der Waals surface area (Å²) in [6.45, 7) is 0.445. The minimum absolute atomic E-state index is 0.445. The maximum Gasteiger partial charge on any atom is 0.0811 e. The van der Waals surface area contributed by atoms with E-state index in [0.29, 0.717) is 6.54 Å². The first-order valence-corrected chi connectivity index (χ1v) is 3.85. The van der Waals surface area contributed by atoms with Crippen molar-refractivity contribution in [2.45, 2.75) is 19.3 Å². The molecule has 0 saturated heterocycles. The van der Waals surface area contributed by atoms with Crippen LogP contribution in [-0.2, 0) is 6.42 Å². The summed E-state index contributed by atoms with van der Waals surface area (Å²) in [5.41, 5.74) is 1.23. The number of aromatic amines is 1. The van der Waals surface area contributed by atoms with Crippen LogP contribution in [-0.4, -0.2) is 11.5 Å². The molecule has 0 aromatic carbocycles. The van der Waals surface area contributed by atoms with Crippen molar-refractivity contribution in [3.05, 3.63) is 28.9 Å². The summed E-state index contributed by atoms with van der Waals surface area (Å²) in [6.07, 6.45) is 4.85. The lowest BCUT2D eigenvalue weighted by molar-refractivity contribution is 0.734. The predicted octanol–water partition coefficient (Wildman–Crippen LogP) is 2.10. The van der Waals surface area contributed by atoms with Crippen molar-refractivity contribution in [2.24, 2.45) is 5.18 Å². The number of hydrogen-bond acceptors (Lipinski definition) is 2. The third kappa shape index (κ3) is 2.98. The molecule has 0 aliphatic heterocycles. The molecule has 0 radical (unpaired) electrons. The van der Waals surface area contributed by atoms with E-state index >= 15 is 0 Å². The lowest BCUT2D eigenvalue weighted by Gasteiger charge is -1.93. The van der Waals surface area contributed by atoms with Crippen LogP contribution in [0.5, 0.6) is 0 Å². The van der Waals surface area contributed by atoms with Gasteiger partial charge in [-0.2, -0.15) is 4.91 Å². The fourth-order valence-electron chi connectivity index (χ4n) is 1.01. The first kappa shape index (κ1) is 7.98. The molecule has 0 aliphatic rings. The molecule has 0 amide bonds. The fraction of sp³-hybridized carbons (Fsp3) is 0.500. The van der Waals surface area contributed by atoms with E-state index < -0.39 is 0 Å². The van der Waals surface area contributed by atoms with Crippen LogP contribution in [0, 0.1) is 4.91 Å². The number of aryl methyl sites for hydroxylation is 1. The molecular formula is C8H12N2O. The molecule has 11 heavy (non-hydrogen) atoms. The highest BCUT2D eigenvalue weighted by Crippen LogP contribution is 2.01. The zero-order valence-corrected chi connectivity index (χ0v) is 6.42. The average Bonchev–Trinajstić information content (AvgIpc) is 2.50. The van der Waals surface area contributed by atoms with Gasteiger partial charge in [0.15, 0.2) is 0 Å². The molecule has 60 valence electrons. The SMILES string of the molecule is O=NCCCCc1ccc[nH]1. The highest BCUT2D eigenvalue weighted by atomic mass is 16.3. The van der Waals surface area contributed by atoms with Gasteiger partial charge in [0.05, 0.1) is 6.54 Å². The average molecular weight is 152 g/mol. The Morgan fingerprint density at radius 1 is 1.45 bits per heavy atom. The maximum absolute atomic E-state index is 9.71. The van der Waals surface area contributed by atoms with Crippen molar-refractivity contribution in [1.82, 2.24) is 4.98 Å². The highest BCUT2D eigenvalue weighted by Gasteiger charge is 1.92. The van der Waals surface area contributed by atoms with Gasteiger partial charge in [0.25, 0.3) is 0 Å². The number of unbranched alkanes of at least 4 members (excludes halogenated alkanes) is 1. The molecule has 1 aromatic rings. The topological polar surface area (TPSA) is 45.2 Å². The molecular weight excluding hydrogens is 140 g/mol. The van der Waals surface area contributed by atoms with Gasteiger partial charge >= 0.3 is 0 Å². The van der Waals surface area contributed by atoms with Gasteiger partial charge in [-0.25, -0.2) is 0 Å². The first-order valence-electron chi connectivity index (χ1n) is 3.85. The molecule has 1 N–H and O–H groups in total. The van der Waals surface area contributed by atoms with Crippen molar-refractivity contribution in [1.29, 1.82) is 0 Å². The summed E-state index contributed by atoms with van der Waals surface area (Å²) in [7, 11) is 0. The van der Waals surface area contributed by atoms with Crippen LogP contribution in [0.25, 0.3) is 0 Å². The second kappa shape index (κ2) is 4.66. The molecule has 0 fully saturated rings. The Bertz CT molecular complexity index is 194. The summed E-state index contributed by atoms with van der Waals surface area (Å²) in [4.78, 5) is 12.8. The van der Waals surface area contributed by atoms with Crippen LogP contribution in [0.3, 0.4) is 0 Å². The Kier molecular flexibility index (Phi) is 3.38. The molecule has 0 bridgehead atoms. The molecule has 0 aliphatic carbocycles. The number of nitrogens with one attached hydrogen (secondary N) is 1. The zero-order valence-electron chi connectivity index (χ0n) is 6.42. The third-order valence-corrected chi connectivity index (χ3v) is 1.61. The molecule has 0 unspecified atom stereocenters. The molecule has 3 nitrogen and oxygen atoms in total. The molecule has 0 saturated carbocycles. The Labute approximate surface area is 65.8 Å². The van der Waals surface area contributed by atoms with E-state index in [4.69, 9.17) is 0 Å². The molecule has 1 aromatic heterocycles. The van der Waals surface area contributed by atoms with Gasteiger partial charge in [-0.05, 0) is 31.4 Å². The number of aromatic nitrogens is 1. The van der Waals surface area contributed by atoms with Gasteiger partial charge in [-0.15, -0.1) is 0 Å². The lowest BCUT2D eigenvalue weighted by atomic mass is 10.2. The van der Waals surface area contributed by atoms with Crippen molar-refractivity contribution >= 4 is 0 Å². The molecule has 0 spiro atoms. The summed E-state index contributed by atoms with van der Waals surface area (Å²) in [6, 6.07) is 4.03. The largest absolute Gasteiger partial charge is 0.365 e. The standard InChI is InChI=1S/C8H12N2O/c11-10-7-2-1-4-8-5-3-6-9-8/h3,5-6,9H,1-2,4,7H2. The van der Waals surface area contributed by atoms with Gasteiger partial charge in [-0.1, -0.05) is 5.18 Å². The van der Waals surface area contributed by atoms with Gasteiger partial charge in [0.2, 0.25) is 0 Å². The van der Waals surface area contributed by atoms with Crippen LogP contribution in [0.15, 0.2) is 23.5 Å². The number of nitrogens with zero attached hydrogens (tertiary/aromatic N) is 1. The number of rotatable bonds is 5. The Morgan fingerprint density at radius 3 is 3.00 bits per heavy atom. The van der Waals surface area contributed by atoms with E-state index in [2.05, 4.69) is 10.2 Å². The van der Waals surface area contributed by atoms with E-state index in [1.165, 1.54) is 5.69 Å². The van der Waals surface area contributed by atoms with E-state index in [9.17, 15) is 4.91 Å². The van der Waals surface area contributed by atoms with Gasteiger partial charge in [-0.3, -0.25) is 0 Å². The summed E-state index contributed by atoms with van der Waals surface area (Å²) in [5, 5.41) is 2.79. The van der Waals surface area contributed by atoms with Crippen molar-refractivity contribution in [2.75, 3.05) is 6.54 Å². The minimum atomic E-state index is 0.445. The number of hydrogen-bond donors (Lipinski definition) is 1. The summed E-state index contributed by atoms with van der Waals surface area (Å²) < 4.78 is 0. The number of H-pyrrole nitrogens is 1. The lowest BCUT2D eigenvalue weighted by Crippen LogP contribution is -1.86. The van der Waals surface area contributed by atoms with Crippen LogP contribution in [0.1, 0.15) is 18.5 Å². The van der Waals surface area contributed by atoms with Crippen LogP contribution in [0.2, 0.25) is 0 Å². The second-order valence-corrected chi connectivity index (χ2v) is 2.51. The molecule has 1 heterocycles. The van der Waals surface area contributed by atoms with Crippen LogP contribution >= 0.6 is 0 Å². The number of nitroso groups, excluding NO2 is 1. The third-order valence-electron chi connectivity index (χ3n) is 1.61. The van der Waals surface area contributed by atoms with Crippen LogP contribution < -0.4 is 0 Å². The van der Waals surface area contributed by atoms with E-state index in [1.807, 2.05) is 18.3 Å². The smallest absolute Gasteiger partial charge is 0.0811 e. The normalized spacial score (nSPS) is 9.82. The predicted molar refractivity (Wildman–Crippen MR) is 44.4 cm³/mol. The fourth-order valence-corrected chi connectivity index (χ4v) is 1.01. The second-order valence-electron chi connectivity index (χ2n) is 2.51. The minimum Gasteiger partial charge on any atom is -0.365 e. The maximum atomic E-state index is 9.71. The van der Waals surface area contributed by atoms with Crippen molar-refractivity contribution in [3.8, 4) is 0 Å². The van der Waals surface area contributed by atoms with E-state index in [1.54, 1.807) is 0 Å². The Hall–Kier alpha value is -1.12. The van der Waals surface area contributed by atoms with Gasteiger partial charge < -0.3 is 4.98 Å². The Balaban J connectivity index is 2.09. The zero-order chi connectivity index (χ0) is 7.94. The van der Waals surface area contributed by atoms with E-state index in [0.717, 1.165) is 19.3 Å². The van der Waals surface area contributed by atoms with Crippen molar-refractivity contribution < 1.29 is 0 Å². The quantitative estimate of drug-likeness (QED) is 0.509. The van der Waals surface area contributed by atoms with Crippen LogP contribution in [0.4, 0.5) is 0 Å². The molecule has 0 atom stereocenters. The van der Waals surface area contributed by atoms with Gasteiger partial charge in [0.1, 0.15) is 0 Å².